The normalized spacial score (nSPS) is 13.3. The van der Waals surface area contributed by atoms with Gasteiger partial charge in [-0.1, -0.05) is 289 Å². The van der Waals surface area contributed by atoms with E-state index in [0.717, 1.165) is 51.4 Å². The van der Waals surface area contributed by atoms with Crippen molar-refractivity contribution in [2.24, 2.45) is 0 Å². The summed E-state index contributed by atoms with van der Waals surface area (Å²) in [5.41, 5.74) is 0. The van der Waals surface area contributed by atoms with E-state index in [1.807, 2.05) is 21.1 Å². The van der Waals surface area contributed by atoms with Gasteiger partial charge in [-0.15, -0.1) is 0 Å². The molecule has 0 radical (unpaired) electrons. The van der Waals surface area contributed by atoms with Crippen molar-refractivity contribution in [3.05, 3.63) is 24.3 Å². The monoisotopic (exact) mass is 1070 g/mol. The van der Waals surface area contributed by atoms with Gasteiger partial charge in [-0.3, -0.25) is 18.6 Å². The van der Waals surface area contributed by atoms with E-state index in [2.05, 4.69) is 38.2 Å². The molecule has 0 aliphatic heterocycles. The number of phosphoric ester groups is 1. The molecule has 10 heteroatoms. The van der Waals surface area contributed by atoms with Gasteiger partial charge in [0.2, 0.25) is 0 Å². The maximum absolute atomic E-state index is 12.8. The summed E-state index contributed by atoms with van der Waals surface area (Å²) in [5, 5.41) is 0. The van der Waals surface area contributed by atoms with Gasteiger partial charge in [-0.2, -0.15) is 0 Å². The highest BCUT2D eigenvalue weighted by molar-refractivity contribution is 7.47. The minimum Gasteiger partial charge on any atom is -0.462 e. The number of carbonyl (C=O) groups is 2. The van der Waals surface area contributed by atoms with E-state index in [-0.39, 0.29) is 25.6 Å². The topological polar surface area (TPSA) is 108 Å². The molecule has 0 aromatic rings. The number of ether oxygens (including phenoxy) is 2. The molecule has 74 heavy (non-hydrogen) atoms. The van der Waals surface area contributed by atoms with E-state index in [1.54, 1.807) is 0 Å². The van der Waals surface area contributed by atoms with Crippen LogP contribution in [0.25, 0.3) is 0 Å². The molecule has 0 saturated heterocycles. The van der Waals surface area contributed by atoms with Crippen LogP contribution in [-0.4, -0.2) is 74.9 Å². The van der Waals surface area contributed by atoms with Gasteiger partial charge in [0.1, 0.15) is 19.8 Å². The Balaban J connectivity index is 3.96. The van der Waals surface area contributed by atoms with Gasteiger partial charge in [0, 0.05) is 12.8 Å². The molecule has 1 N–H and O–H groups in total. The van der Waals surface area contributed by atoms with Crippen LogP contribution in [0.4, 0.5) is 0 Å². The van der Waals surface area contributed by atoms with Crippen molar-refractivity contribution in [1.82, 2.24) is 0 Å². The maximum atomic E-state index is 12.8. The average Bonchev–Trinajstić information content (AvgIpc) is 3.36. The molecule has 9 nitrogen and oxygen atoms in total. The van der Waals surface area contributed by atoms with Crippen LogP contribution in [0.2, 0.25) is 0 Å². The largest absolute Gasteiger partial charge is 0.472 e. The molecule has 438 valence electrons. The van der Waals surface area contributed by atoms with Crippen molar-refractivity contribution in [3.8, 4) is 0 Å². The number of hydrogen-bond donors (Lipinski definition) is 1. The Morgan fingerprint density at radius 3 is 1.09 bits per heavy atom. The number of nitrogens with zero attached hydrogens (tertiary/aromatic N) is 1. The average molecular weight is 1070 g/mol. The van der Waals surface area contributed by atoms with Gasteiger partial charge in [0.05, 0.1) is 27.7 Å². The summed E-state index contributed by atoms with van der Waals surface area (Å²) in [7, 11) is 1.49. The number of phosphoric acid groups is 1. The van der Waals surface area contributed by atoms with Crippen molar-refractivity contribution < 1.29 is 42.1 Å². The third-order valence-electron chi connectivity index (χ3n) is 14.5. The SMILES string of the molecule is CCCCC/C=C\C/C=C\CCCCCCCCCC(=O)OC(COC(=O)CCCCCCCCCCCCCCCCCCCCCCCCCCCCCCCCCCC)COP(=O)(O)OCC[N+](C)(C)C. The molecule has 2 unspecified atom stereocenters. The van der Waals surface area contributed by atoms with Crippen LogP contribution in [0.5, 0.6) is 0 Å². The summed E-state index contributed by atoms with van der Waals surface area (Å²) in [6.45, 7) is 4.45. The van der Waals surface area contributed by atoms with E-state index in [4.69, 9.17) is 18.5 Å². The maximum Gasteiger partial charge on any atom is 0.472 e. The first-order chi connectivity index (χ1) is 36.0. The van der Waals surface area contributed by atoms with Crippen molar-refractivity contribution >= 4 is 19.8 Å². The third kappa shape index (κ3) is 59.7. The second kappa shape index (κ2) is 56.2. The lowest BCUT2D eigenvalue weighted by Gasteiger charge is -2.24. The van der Waals surface area contributed by atoms with Crippen molar-refractivity contribution in [2.75, 3.05) is 47.5 Å². The Hall–Kier alpha value is -1.51. The molecule has 0 fully saturated rings. The first kappa shape index (κ1) is 72.5. The highest BCUT2D eigenvalue weighted by Crippen LogP contribution is 2.43. The molecule has 0 rings (SSSR count). The van der Waals surface area contributed by atoms with E-state index >= 15 is 0 Å². The lowest BCUT2D eigenvalue weighted by molar-refractivity contribution is -0.870. The second-order valence-corrected chi connectivity index (χ2v) is 24.6. The molecule has 0 bridgehead atoms. The molecule has 0 aliphatic rings. The zero-order valence-electron chi connectivity index (χ0n) is 49.9. The van der Waals surface area contributed by atoms with Gasteiger partial charge in [-0.05, 0) is 44.9 Å². The summed E-state index contributed by atoms with van der Waals surface area (Å²) < 4.78 is 34.6. The summed E-state index contributed by atoms with van der Waals surface area (Å²) in [4.78, 5) is 35.7. The predicted molar refractivity (Wildman–Crippen MR) is 317 cm³/mol. The fourth-order valence-corrected chi connectivity index (χ4v) is 10.3. The van der Waals surface area contributed by atoms with Gasteiger partial charge < -0.3 is 18.9 Å². The summed E-state index contributed by atoms with van der Waals surface area (Å²) in [6.07, 6.45) is 68.5. The van der Waals surface area contributed by atoms with Crippen molar-refractivity contribution in [2.45, 2.75) is 328 Å². The highest BCUT2D eigenvalue weighted by Gasteiger charge is 2.27. The van der Waals surface area contributed by atoms with E-state index < -0.39 is 26.5 Å². The first-order valence-electron chi connectivity index (χ1n) is 32.1. The number of quaternary nitrogens is 1. The van der Waals surface area contributed by atoms with Gasteiger partial charge in [-0.25, -0.2) is 4.57 Å². The number of rotatable bonds is 60. The molecule has 0 spiro atoms. The predicted octanol–water partition coefficient (Wildman–Crippen LogP) is 20.2. The summed E-state index contributed by atoms with van der Waals surface area (Å²) >= 11 is 0. The molecule has 0 aromatic carbocycles. The number of carbonyl (C=O) groups excluding carboxylic acids is 2. The molecular formula is C64H125NO8P+. The molecule has 0 aromatic heterocycles. The standard InChI is InChI=1S/C64H124NO8P/c1-6-8-10-12-14-16-18-20-22-24-25-26-27-28-29-30-31-32-33-34-35-36-37-38-39-41-42-44-46-48-50-52-54-56-63(66)70-60-62(61-72-74(68,69)71-59-58-65(3,4)5)73-64(67)57-55-53-51-49-47-45-43-40-23-21-19-17-15-13-11-9-7-2/h15,17,21,23,62H,6-14,16,18-20,22,24-61H2,1-5H3/p+1/b17-15-,23-21-. The molecule has 0 aliphatic carbocycles. The Morgan fingerprint density at radius 2 is 0.730 bits per heavy atom. The zero-order valence-corrected chi connectivity index (χ0v) is 50.8. The van der Waals surface area contributed by atoms with Crippen LogP contribution in [-0.2, 0) is 32.7 Å². The molecule has 0 saturated carbocycles. The summed E-state index contributed by atoms with van der Waals surface area (Å²) in [6, 6.07) is 0. The smallest absolute Gasteiger partial charge is 0.462 e. The number of allylic oxidation sites excluding steroid dienone is 4. The van der Waals surface area contributed by atoms with E-state index in [9.17, 15) is 19.0 Å². The summed E-state index contributed by atoms with van der Waals surface area (Å²) in [5.74, 6) is -0.790. The lowest BCUT2D eigenvalue weighted by atomic mass is 10.0. The van der Waals surface area contributed by atoms with Gasteiger partial charge >= 0.3 is 19.8 Å². The van der Waals surface area contributed by atoms with Crippen LogP contribution in [0.1, 0.15) is 322 Å². The van der Waals surface area contributed by atoms with Gasteiger partial charge in [0.25, 0.3) is 0 Å². The molecule has 0 heterocycles. The Kier molecular flexibility index (Phi) is 55.1. The van der Waals surface area contributed by atoms with Crippen LogP contribution >= 0.6 is 7.82 Å². The Morgan fingerprint density at radius 1 is 0.419 bits per heavy atom. The fourth-order valence-electron chi connectivity index (χ4n) is 9.52. The quantitative estimate of drug-likeness (QED) is 0.0211. The minimum absolute atomic E-state index is 0.0324. The molecule has 0 amide bonds. The molecule has 2 atom stereocenters. The first-order valence-corrected chi connectivity index (χ1v) is 33.6. The molecular weight excluding hydrogens is 942 g/mol. The highest BCUT2D eigenvalue weighted by atomic mass is 31.2. The Bertz CT molecular complexity index is 1300. The third-order valence-corrected chi connectivity index (χ3v) is 15.5. The van der Waals surface area contributed by atoms with E-state index in [0.29, 0.717) is 23.9 Å². The van der Waals surface area contributed by atoms with Crippen LogP contribution in [0, 0.1) is 0 Å². The minimum atomic E-state index is -4.38. The zero-order chi connectivity index (χ0) is 54.2. The van der Waals surface area contributed by atoms with Crippen molar-refractivity contribution in [1.29, 1.82) is 0 Å². The van der Waals surface area contributed by atoms with E-state index in [1.165, 1.54) is 238 Å². The second-order valence-electron chi connectivity index (χ2n) is 23.2. The van der Waals surface area contributed by atoms with Crippen molar-refractivity contribution in [3.63, 3.8) is 0 Å². The Labute approximate surface area is 459 Å². The van der Waals surface area contributed by atoms with Crippen LogP contribution in [0.3, 0.4) is 0 Å². The van der Waals surface area contributed by atoms with Gasteiger partial charge in [0.15, 0.2) is 6.10 Å². The van der Waals surface area contributed by atoms with Crippen LogP contribution < -0.4 is 0 Å². The number of esters is 2. The number of unbranched alkanes of at least 4 members (excludes halogenated alkanes) is 42. The van der Waals surface area contributed by atoms with Crippen LogP contribution in [0.15, 0.2) is 24.3 Å². The lowest BCUT2D eigenvalue weighted by Crippen LogP contribution is -2.37. The fraction of sp³-hybridized carbons (Fsp3) is 0.906. The number of hydrogen-bond acceptors (Lipinski definition) is 7. The number of likely N-dealkylation sites (N-methyl/N-ethyl adjacent to an activating group) is 1.